The molecule has 1 saturated heterocycles. The maximum atomic E-state index is 10.6. The smallest absolute Gasteiger partial charge is 0.330 e. The minimum atomic E-state index is -0.818. The van der Waals surface area contributed by atoms with Gasteiger partial charge in [0.15, 0.2) is 0 Å². The number of carbonyl (C=O) groups is 1. The molecule has 4 heteroatoms. The minimum Gasteiger partial charge on any atom is -0.478 e. The first-order valence-electron chi connectivity index (χ1n) is 5.40. The van der Waals surface area contributed by atoms with E-state index in [4.69, 9.17) is 5.11 Å². The summed E-state index contributed by atoms with van der Waals surface area (Å²) in [6.07, 6.45) is 2.96. The highest BCUT2D eigenvalue weighted by atomic mass is 16.4. The quantitative estimate of drug-likeness (QED) is 0.698. The molecule has 1 fully saturated rings. The lowest BCUT2D eigenvalue weighted by atomic mass is 10.2. The Morgan fingerprint density at radius 3 is 2.73 bits per heavy atom. The molecule has 0 bridgehead atoms. The first kappa shape index (κ1) is 12.2. The summed E-state index contributed by atoms with van der Waals surface area (Å²) in [6, 6.07) is 0. The van der Waals surface area contributed by atoms with Gasteiger partial charge in [-0.15, -0.1) is 0 Å². The molecule has 0 saturated carbocycles. The maximum Gasteiger partial charge on any atom is 0.330 e. The van der Waals surface area contributed by atoms with Crippen molar-refractivity contribution in [1.29, 1.82) is 0 Å². The summed E-state index contributed by atoms with van der Waals surface area (Å²) in [5.74, 6) is -0.818. The summed E-state index contributed by atoms with van der Waals surface area (Å²) in [6.45, 7) is 6.70. The van der Waals surface area contributed by atoms with Crippen LogP contribution in [0, 0.1) is 0 Å². The van der Waals surface area contributed by atoms with Crippen LogP contribution < -0.4 is 0 Å². The van der Waals surface area contributed by atoms with Gasteiger partial charge in [0.25, 0.3) is 0 Å². The van der Waals surface area contributed by atoms with E-state index >= 15 is 0 Å². The summed E-state index contributed by atoms with van der Waals surface area (Å²) >= 11 is 0. The van der Waals surface area contributed by atoms with Crippen molar-refractivity contribution in [1.82, 2.24) is 9.80 Å². The molecular formula is C11H20N2O2. The van der Waals surface area contributed by atoms with E-state index in [1.807, 2.05) is 0 Å². The Balaban J connectivity index is 2.38. The molecule has 0 radical (unpaired) electrons. The summed E-state index contributed by atoms with van der Waals surface area (Å²) in [4.78, 5) is 15.2. The van der Waals surface area contributed by atoms with Crippen LogP contribution >= 0.6 is 0 Å². The van der Waals surface area contributed by atoms with Gasteiger partial charge in [-0.25, -0.2) is 4.79 Å². The maximum absolute atomic E-state index is 10.6. The van der Waals surface area contributed by atoms with E-state index in [1.54, 1.807) is 13.0 Å². The molecule has 86 valence electrons. The van der Waals surface area contributed by atoms with Gasteiger partial charge in [-0.1, -0.05) is 6.08 Å². The van der Waals surface area contributed by atoms with Gasteiger partial charge in [-0.05, 0) is 33.5 Å². The van der Waals surface area contributed by atoms with Gasteiger partial charge in [0.1, 0.15) is 0 Å². The Morgan fingerprint density at radius 1 is 1.33 bits per heavy atom. The highest BCUT2D eigenvalue weighted by molar-refractivity contribution is 5.85. The molecule has 0 spiro atoms. The monoisotopic (exact) mass is 212 g/mol. The SMILES string of the molecule is CC(=CCN1CCCN(C)CC1)C(=O)O. The van der Waals surface area contributed by atoms with Gasteiger partial charge in [0, 0.05) is 25.2 Å². The molecule has 0 amide bonds. The van der Waals surface area contributed by atoms with E-state index in [0.29, 0.717) is 5.57 Å². The third kappa shape index (κ3) is 4.44. The number of hydrogen-bond acceptors (Lipinski definition) is 3. The Bertz CT molecular complexity index is 251. The van der Waals surface area contributed by atoms with Crippen molar-refractivity contribution in [3.8, 4) is 0 Å². The Labute approximate surface area is 91.2 Å². The van der Waals surface area contributed by atoms with Gasteiger partial charge < -0.3 is 10.0 Å². The summed E-state index contributed by atoms with van der Waals surface area (Å²) in [5, 5.41) is 8.71. The second kappa shape index (κ2) is 5.88. The van der Waals surface area contributed by atoms with Crippen LogP contribution in [0.25, 0.3) is 0 Å². The molecule has 1 aliphatic rings. The van der Waals surface area contributed by atoms with Crippen LogP contribution in [0.4, 0.5) is 0 Å². The Kier molecular flexibility index (Phi) is 4.78. The number of rotatable bonds is 3. The molecule has 1 N–H and O–H groups in total. The number of aliphatic carboxylic acids is 1. The highest BCUT2D eigenvalue weighted by Gasteiger charge is 2.10. The first-order chi connectivity index (χ1) is 7.09. The van der Waals surface area contributed by atoms with Crippen LogP contribution in [0.5, 0.6) is 0 Å². The lowest BCUT2D eigenvalue weighted by Gasteiger charge is -2.18. The van der Waals surface area contributed by atoms with Crippen molar-refractivity contribution in [2.24, 2.45) is 0 Å². The van der Waals surface area contributed by atoms with E-state index in [-0.39, 0.29) is 0 Å². The van der Waals surface area contributed by atoms with E-state index in [0.717, 1.165) is 39.1 Å². The number of nitrogens with zero attached hydrogens (tertiary/aromatic N) is 2. The zero-order chi connectivity index (χ0) is 11.3. The lowest BCUT2D eigenvalue weighted by Crippen LogP contribution is -2.29. The van der Waals surface area contributed by atoms with Gasteiger partial charge in [-0.3, -0.25) is 4.90 Å². The first-order valence-corrected chi connectivity index (χ1v) is 5.40. The molecular weight excluding hydrogens is 192 g/mol. The van der Waals surface area contributed by atoms with Crippen LogP contribution in [-0.2, 0) is 4.79 Å². The average Bonchev–Trinajstić information content (AvgIpc) is 2.39. The fraction of sp³-hybridized carbons (Fsp3) is 0.727. The van der Waals surface area contributed by atoms with Crippen LogP contribution in [-0.4, -0.2) is 60.6 Å². The minimum absolute atomic E-state index is 0.438. The van der Waals surface area contributed by atoms with Gasteiger partial charge in [0.05, 0.1) is 0 Å². The normalized spacial score (nSPS) is 21.3. The number of hydrogen-bond donors (Lipinski definition) is 1. The highest BCUT2D eigenvalue weighted by Crippen LogP contribution is 2.02. The Morgan fingerprint density at radius 2 is 2.07 bits per heavy atom. The second-order valence-electron chi connectivity index (χ2n) is 4.15. The number of likely N-dealkylation sites (N-methyl/N-ethyl adjacent to an activating group) is 1. The zero-order valence-corrected chi connectivity index (χ0v) is 9.57. The standard InChI is InChI=1S/C11H20N2O2/c1-10(11(14)15)4-7-13-6-3-5-12(2)8-9-13/h4H,3,5-9H2,1-2H3,(H,14,15). The zero-order valence-electron chi connectivity index (χ0n) is 9.57. The van der Waals surface area contributed by atoms with E-state index < -0.39 is 5.97 Å². The molecule has 0 aliphatic carbocycles. The van der Waals surface area contributed by atoms with E-state index in [9.17, 15) is 4.79 Å². The van der Waals surface area contributed by atoms with Gasteiger partial charge in [-0.2, -0.15) is 0 Å². The van der Waals surface area contributed by atoms with Crippen LogP contribution in [0.1, 0.15) is 13.3 Å². The predicted octanol–water partition coefficient (Wildman–Crippen LogP) is 0.655. The van der Waals surface area contributed by atoms with Gasteiger partial charge in [0.2, 0.25) is 0 Å². The molecule has 0 unspecified atom stereocenters. The molecule has 0 atom stereocenters. The molecule has 15 heavy (non-hydrogen) atoms. The predicted molar refractivity (Wildman–Crippen MR) is 59.9 cm³/mol. The molecule has 0 aromatic carbocycles. The molecule has 1 aliphatic heterocycles. The number of carboxylic acid groups (broad SMARTS) is 1. The molecule has 1 rings (SSSR count). The van der Waals surface area contributed by atoms with Crippen LogP contribution in [0.15, 0.2) is 11.6 Å². The van der Waals surface area contributed by atoms with Crippen molar-refractivity contribution < 1.29 is 9.90 Å². The fourth-order valence-electron chi connectivity index (χ4n) is 1.64. The summed E-state index contributed by atoms with van der Waals surface area (Å²) in [5.41, 5.74) is 0.438. The fourth-order valence-corrected chi connectivity index (χ4v) is 1.64. The molecule has 4 nitrogen and oxygen atoms in total. The number of carboxylic acids is 1. The van der Waals surface area contributed by atoms with Gasteiger partial charge >= 0.3 is 5.97 Å². The van der Waals surface area contributed by atoms with E-state index in [2.05, 4.69) is 16.8 Å². The second-order valence-corrected chi connectivity index (χ2v) is 4.15. The van der Waals surface area contributed by atoms with E-state index in [1.165, 1.54) is 0 Å². The van der Waals surface area contributed by atoms with Crippen molar-refractivity contribution in [2.75, 3.05) is 39.8 Å². The van der Waals surface area contributed by atoms with Crippen molar-refractivity contribution in [2.45, 2.75) is 13.3 Å². The Hall–Kier alpha value is -0.870. The topological polar surface area (TPSA) is 43.8 Å². The van der Waals surface area contributed by atoms with Crippen molar-refractivity contribution in [3.63, 3.8) is 0 Å². The van der Waals surface area contributed by atoms with Crippen molar-refractivity contribution >= 4 is 5.97 Å². The van der Waals surface area contributed by atoms with Crippen LogP contribution in [0.2, 0.25) is 0 Å². The molecule has 1 heterocycles. The summed E-state index contributed by atoms with van der Waals surface area (Å²) < 4.78 is 0. The molecule has 0 aromatic rings. The third-order valence-corrected chi connectivity index (χ3v) is 2.81. The van der Waals surface area contributed by atoms with Crippen molar-refractivity contribution in [3.05, 3.63) is 11.6 Å². The average molecular weight is 212 g/mol. The summed E-state index contributed by atoms with van der Waals surface area (Å²) in [7, 11) is 2.13. The largest absolute Gasteiger partial charge is 0.478 e. The van der Waals surface area contributed by atoms with Crippen LogP contribution in [0.3, 0.4) is 0 Å². The lowest BCUT2D eigenvalue weighted by molar-refractivity contribution is -0.132. The molecule has 0 aromatic heterocycles. The third-order valence-electron chi connectivity index (χ3n) is 2.81.